The van der Waals surface area contributed by atoms with Gasteiger partial charge in [0.25, 0.3) is 0 Å². The Bertz CT molecular complexity index is 143. The zero-order chi connectivity index (χ0) is 10.9. The first-order valence-electron chi connectivity index (χ1n) is 6.70. The van der Waals surface area contributed by atoms with Crippen LogP contribution in [0, 0.1) is 0 Å². The van der Waals surface area contributed by atoms with Crippen LogP contribution < -0.4 is 0 Å². The number of hydrogen-bond donors (Lipinski definition) is 0. The molecule has 90 valence electrons. The highest BCUT2D eigenvalue weighted by Gasteiger charge is 2.18. The molecule has 1 atom stereocenters. The maximum atomic E-state index is 5.40. The van der Waals surface area contributed by atoms with Crippen LogP contribution in [0.15, 0.2) is 0 Å². The predicted molar refractivity (Wildman–Crippen MR) is 65.2 cm³/mol. The summed E-state index contributed by atoms with van der Waals surface area (Å²) in [4.78, 5) is 2.62. The lowest BCUT2D eigenvalue weighted by molar-refractivity contribution is 0.0134. The summed E-state index contributed by atoms with van der Waals surface area (Å²) >= 11 is 0. The molecule has 1 fully saturated rings. The van der Waals surface area contributed by atoms with Crippen LogP contribution in [-0.4, -0.2) is 37.2 Å². The second-order valence-electron chi connectivity index (χ2n) is 4.56. The van der Waals surface area contributed by atoms with E-state index in [0.29, 0.717) is 0 Å². The van der Waals surface area contributed by atoms with Gasteiger partial charge in [-0.1, -0.05) is 39.5 Å². The van der Waals surface area contributed by atoms with Crippen molar-refractivity contribution >= 4 is 0 Å². The standard InChI is InChI=1S/C13H27NO/c1-3-5-6-7-8-13(4-2)14-9-11-15-12-10-14/h13H,3-12H2,1-2H3. The van der Waals surface area contributed by atoms with Crippen LogP contribution in [0.2, 0.25) is 0 Å². The molecule has 0 radical (unpaired) electrons. The van der Waals surface area contributed by atoms with Crippen molar-refractivity contribution in [3.8, 4) is 0 Å². The Labute approximate surface area is 95.0 Å². The predicted octanol–water partition coefficient (Wildman–Crippen LogP) is 3.07. The molecule has 0 spiro atoms. The quantitative estimate of drug-likeness (QED) is 0.603. The molecule has 0 aromatic carbocycles. The number of morpholine rings is 1. The van der Waals surface area contributed by atoms with Crippen molar-refractivity contribution in [2.45, 2.75) is 58.4 Å². The first-order chi connectivity index (χ1) is 7.38. The van der Waals surface area contributed by atoms with E-state index < -0.39 is 0 Å². The van der Waals surface area contributed by atoms with Gasteiger partial charge in [0.2, 0.25) is 0 Å². The lowest BCUT2D eigenvalue weighted by atomic mass is 10.0. The second-order valence-corrected chi connectivity index (χ2v) is 4.56. The molecule has 1 aliphatic rings. The number of hydrogen-bond acceptors (Lipinski definition) is 2. The summed E-state index contributed by atoms with van der Waals surface area (Å²) in [6.45, 7) is 8.76. The highest BCUT2D eigenvalue weighted by atomic mass is 16.5. The Balaban J connectivity index is 2.15. The van der Waals surface area contributed by atoms with Crippen LogP contribution in [0.5, 0.6) is 0 Å². The third kappa shape index (κ3) is 4.98. The van der Waals surface area contributed by atoms with Crippen molar-refractivity contribution in [1.29, 1.82) is 0 Å². The SMILES string of the molecule is CCCCCCC(CC)N1CCOCC1. The molecule has 0 N–H and O–H groups in total. The number of nitrogens with zero attached hydrogens (tertiary/aromatic N) is 1. The Morgan fingerprint density at radius 2 is 1.80 bits per heavy atom. The molecule has 0 bridgehead atoms. The van der Waals surface area contributed by atoms with Gasteiger partial charge in [0.1, 0.15) is 0 Å². The third-order valence-electron chi connectivity index (χ3n) is 3.42. The monoisotopic (exact) mass is 213 g/mol. The van der Waals surface area contributed by atoms with E-state index in [-0.39, 0.29) is 0 Å². The lowest BCUT2D eigenvalue weighted by Crippen LogP contribution is -2.43. The van der Waals surface area contributed by atoms with Crippen LogP contribution >= 0.6 is 0 Å². The summed E-state index contributed by atoms with van der Waals surface area (Å²) in [5.74, 6) is 0. The van der Waals surface area contributed by atoms with E-state index in [1.165, 1.54) is 38.5 Å². The molecule has 0 aromatic rings. The second kappa shape index (κ2) is 8.12. The van der Waals surface area contributed by atoms with Crippen LogP contribution in [0.1, 0.15) is 52.4 Å². The Hall–Kier alpha value is -0.0800. The fourth-order valence-corrected chi connectivity index (χ4v) is 2.39. The summed E-state index contributed by atoms with van der Waals surface area (Å²) in [7, 11) is 0. The third-order valence-corrected chi connectivity index (χ3v) is 3.42. The lowest BCUT2D eigenvalue weighted by Gasteiger charge is -2.34. The minimum absolute atomic E-state index is 0.811. The van der Waals surface area contributed by atoms with Gasteiger partial charge in [0, 0.05) is 19.1 Å². The van der Waals surface area contributed by atoms with E-state index >= 15 is 0 Å². The van der Waals surface area contributed by atoms with Gasteiger partial charge in [-0.2, -0.15) is 0 Å². The average molecular weight is 213 g/mol. The molecule has 0 aliphatic carbocycles. The van der Waals surface area contributed by atoms with Crippen molar-refractivity contribution in [1.82, 2.24) is 4.90 Å². The first-order valence-corrected chi connectivity index (χ1v) is 6.70. The number of ether oxygens (including phenoxy) is 1. The molecular weight excluding hydrogens is 186 g/mol. The molecule has 2 nitrogen and oxygen atoms in total. The molecule has 1 aliphatic heterocycles. The number of rotatable bonds is 7. The van der Waals surface area contributed by atoms with Gasteiger partial charge in [0.15, 0.2) is 0 Å². The number of unbranched alkanes of at least 4 members (excludes halogenated alkanes) is 3. The highest BCUT2D eigenvalue weighted by Crippen LogP contribution is 2.15. The molecule has 0 aromatic heterocycles. The average Bonchev–Trinajstić information content (AvgIpc) is 2.30. The van der Waals surface area contributed by atoms with Gasteiger partial charge in [-0.15, -0.1) is 0 Å². The van der Waals surface area contributed by atoms with Gasteiger partial charge < -0.3 is 4.74 Å². The zero-order valence-corrected chi connectivity index (χ0v) is 10.5. The van der Waals surface area contributed by atoms with E-state index in [0.717, 1.165) is 32.3 Å². The summed E-state index contributed by atoms with van der Waals surface area (Å²) in [6, 6.07) is 0.811. The molecule has 1 heterocycles. The summed E-state index contributed by atoms with van der Waals surface area (Å²) in [5.41, 5.74) is 0. The van der Waals surface area contributed by atoms with Crippen LogP contribution in [0.4, 0.5) is 0 Å². The largest absolute Gasteiger partial charge is 0.379 e. The molecule has 1 rings (SSSR count). The Kier molecular flexibility index (Phi) is 7.03. The highest BCUT2D eigenvalue weighted by molar-refractivity contribution is 4.72. The molecule has 1 unspecified atom stereocenters. The van der Waals surface area contributed by atoms with Gasteiger partial charge in [-0.3, -0.25) is 4.90 Å². The molecule has 0 amide bonds. The van der Waals surface area contributed by atoms with Crippen molar-refractivity contribution in [2.75, 3.05) is 26.3 Å². The van der Waals surface area contributed by atoms with Gasteiger partial charge in [-0.05, 0) is 12.8 Å². The van der Waals surface area contributed by atoms with E-state index in [1.54, 1.807) is 0 Å². The fraction of sp³-hybridized carbons (Fsp3) is 1.00. The topological polar surface area (TPSA) is 12.5 Å². The summed E-state index contributed by atoms with van der Waals surface area (Å²) in [6.07, 6.45) is 8.25. The first kappa shape index (κ1) is 13.0. The maximum Gasteiger partial charge on any atom is 0.0594 e. The summed E-state index contributed by atoms with van der Waals surface area (Å²) in [5, 5.41) is 0. The van der Waals surface area contributed by atoms with Gasteiger partial charge >= 0.3 is 0 Å². The van der Waals surface area contributed by atoms with E-state index in [4.69, 9.17) is 4.74 Å². The normalized spacial score (nSPS) is 20.4. The Morgan fingerprint density at radius 3 is 2.40 bits per heavy atom. The van der Waals surface area contributed by atoms with Crippen LogP contribution in [-0.2, 0) is 4.74 Å². The van der Waals surface area contributed by atoms with Crippen LogP contribution in [0.3, 0.4) is 0 Å². The minimum Gasteiger partial charge on any atom is -0.379 e. The van der Waals surface area contributed by atoms with Gasteiger partial charge in [0.05, 0.1) is 13.2 Å². The van der Waals surface area contributed by atoms with E-state index in [2.05, 4.69) is 18.7 Å². The van der Waals surface area contributed by atoms with Crippen molar-refractivity contribution in [3.05, 3.63) is 0 Å². The van der Waals surface area contributed by atoms with Crippen molar-refractivity contribution in [3.63, 3.8) is 0 Å². The molecular formula is C13H27NO. The van der Waals surface area contributed by atoms with E-state index in [1.807, 2.05) is 0 Å². The Morgan fingerprint density at radius 1 is 1.07 bits per heavy atom. The van der Waals surface area contributed by atoms with Crippen molar-refractivity contribution in [2.24, 2.45) is 0 Å². The smallest absolute Gasteiger partial charge is 0.0594 e. The van der Waals surface area contributed by atoms with E-state index in [9.17, 15) is 0 Å². The maximum absolute atomic E-state index is 5.40. The molecule has 2 heteroatoms. The summed E-state index contributed by atoms with van der Waals surface area (Å²) < 4.78 is 5.40. The fourth-order valence-electron chi connectivity index (χ4n) is 2.39. The molecule has 0 saturated carbocycles. The van der Waals surface area contributed by atoms with Gasteiger partial charge in [-0.25, -0.2) is 0 Å². The minimum atomic E-state index is 0.811. The molecule has 15 heavy (non-hydrogen) atoms. The van der Waals surface area contributed by atoms with Crippen LogP contribution in [0.25, 0.3) is 0 Å². The zero-order valence-electron chi connectivity index (χ0n) is 10.5. The molecule has 1 saturated heterocycles. The van der Waals surface area contributed by atoms with Crippen molar-refractivity contribution < 1.29 is 4.74 Å².